The molecule has 0 radical (unpaired) electrons. The number of hydrazine groups is 1. The number of hydrogen-bond donors (Lipinski definition) is 3. The minimum absolute atomic E-state index is 0.0131. The Kier molecular flexibility index (Phi) is 3.98. The summed E-state index contributed by atoms with van der Waals surface area (Å²) in [5.41, 5.74) is 2.22. The van der Waals surface area contributed by atoms with Crippen LogP contribution in [0.15, 0.2) is 18.7 Å². The van der Waals surface area contributed by atoms with E-state index in [2.05, 4.69) is 30.7 Å². The van der Waals surface area contributed by atoms with Gasteiger partial charge in [-0.3, -0.25) is 9.99 Å². The Labute approximate surface area is 111 Å². The third kappa shape index (κ3) is 3.78. The van der Waals surface area contributed by atoms with Gasteiger partial charge in [-0.2, -0.15) is 28.1 Å². The third-order valence-electron chi connectivity index (χ3n) is 2.18. The van der Waals surface area contributed by atoms with Crippen molar-refractivity contribution in [1.29, 1.82) is 0 Å². The molecule has 0 fully saturated rings. The molecule has 0 amide bonds. The van der Waals surface area contributed by atoms with Crippen LogP contribution < -0.4 is 16.6 Å². The average molecular weight is 288 g/mol. The van der Waals surface area contributed by atoms with Gasteiger partial charge in [-0.05, 0) is 0 Å². The maximum atomic E-state index is 12.1. The van der Waals surface area contributed by atoms with Crippen molar-refractivity contribution in [3.8, 4) is 5.95 Å². The Morgan fingerprint density at radius 3 is 2.55 bits per heavy atom. The first-order valence-corrected chi connectivity index (χ1v) is 5.49. The second kappa shape index (κ2) is 5.69. The van der Waals surface area contributed by atoms with Gasteiger partial charge in [0.1, 0.15) is 6.33 Å². The van der Waals surface area contributed by atoms with E-state index < -0.39 is 12.6 Å². The number of nitrogens with one attached hydrogen (secondary N) is 2. The predicted molar refractivity (Wildman–Crippen MR) is 63.9 cm³/mol. The zero-order valence-corrected chi connectivity index (χ0v) is 10.1. The Bertz CT molecular complexity index is 553. The predicted octanol–water partition coefficient (Wildman–Crippen LogP) is 0.707. The molecule has 0 unspecified atom stereocenters. The number of aromatic nitrogens is 5. The standard InChI is InChI=1S/C9H11F3N8/c10-9(11,12)1-2-15-6-16-7(19-13)18-8(17-6)20-4-3-14-5-20/h3-5H,1-2,13H2,(H2,15,16,17,18,19). The van der Waals surface area contributed by atoms with E-state index >= 15 is 0 Å². The number of nitrogens with two attached hydrogens (primary N) is 1. The van der Waals surface area contributed by atoms with Crippen LogP contribution in [0, 0.1) is 0 Å². The van der Waals surface area contributed by atoms with Crippen LogP contribution in [0.1, 0.15) is 6.42 Å². The summed E-state index contributed by atoms with van der Waals surface area (Å²) in [7, 11) is 0. The second-order valence-electron chi connectivity index (χ2n) is 3.69. The first kappa shape index (κ1) is 14.0. The van der Waals surface area contributed by atoms with Crippen molar-refractivity contribution in [3.05, 3.63) is 18.7 Å². The van der Waals surface area contributed by atoms with Crippen LogP contribution in [-0.2, 0) is 0 Å². The minimum atomic E-state index is -4.25. The van der Waals surface area contributed by atoms with Gasteiger partial charge < -0.3 is 5.32 Å². The SMILES string of the molecule is NNc1nc(NCCC(F)(F)F)nc(-n2ccnc2)n1. The lowest BCUT2D eigenvalue weighted by atomic mass is 10.4. The summed E-state index contributed by atoms with van der Waals surface area (Å²) in [4.78, 5) is 15.6. The van der Waals surface area contributed by atoms with Crippen LogP contribution >= 0.6 is 0 Å². The summed E-state index contributed by atoms with van der Waals surface area (Å²) in [6, 6.07) is 0. The summed E-state index contributed by atoms with van der Waals surface area (Å²) in [6.45, 7) is -0.346. The van der Waals surface area contributed by atoms with Crippen LogP contribution in [0.25, 0.3) is 5.95 Å². The third-order valence-corrected chi connectivity index (χ3v) is 2.18. The molecule has 0 spiro atoms. The van der Waals surface area contributed by atoms with Gasteiger partial charge in [-0.15, -0.1) is 0 Å². The Morgan fingerprint density at radius 2 is 1.95 bits per heavy atom. The van der Waals surface area contributed by atoms with Crippen molar-refractivity contribution < 1.29 is 13.2 Å². The number of nitrogens with zero attached hydrogens (tertiary/aromatic N) is 5. The van der Waals surface area contributed by atoms with Crippen molar-refractivity contribution in [2.75, 3.05) is 17.3 Å². The Hall–Kier alpha value is -2.43. The average Bonchev–Trinajstić information content (AvgIpc) is 2.90. The molecule has 0 atom stereocenters. The molecule has 2 rings (SSSR count). The van der Waals surface area contributed by atoms with E-state index in [0.717, 1.165) is 0 Å². The smallest absolute Gasteiger partial charge is 0.354 e. The molecule has 2 aromatic heterocycles. The molecule has 0 bridgehead atoms. The summed E-state index contributed by atoms with van der Waals surface area (Å²) >= 11 is 0. The lowest BCUT2D eigenvalue weighted by molar-refractivity contribution is -0.131. The van der Waals surface area contributed by atoms with Crippen LogP contribution in [0.2, 0.25) is 0 Å². The van der Waals surface area contributed by atoms with E-state index in [0.29, 0.717) is 0 Å². The highest BCUT2D eigenvalue weighted by Crippen LogP contribution is 2.19. The lowest BCUT2D eigenvalue weighted by Gasteiger charge is -2.09. The lowest BCUT2D eigenvalue weighted by Crippen LogP contribution is -2.18. The zero-order chi connectivity index (χ0) is 14.6. The summed E-state index contributed by atoms with van der Waals surface area (Å²) in [5.74, 6) is 5.40. The first-order chi connectivity index (χ1) is 9.48. The van der Waals surface area contributed by atoms with Crippen molar-refractivity contribution >= 4 is 11.9 Å². The highest BCUT2D eigenvalue weighted by atomic mass is 19.4. The molecule has 0 saturated carbocycles. The number of rotatable bonds is 5. The van der Waals surface area contributed by atoms with Crippen LogP contribution in [0.4, 0.5) is 25.1 Å². The number of hydrogen-bond acceptors (Lipinski definition) is 7. The molecule has 0 aliphatic carbocycles. The molecule has 108 valence electrons. The van der Waals surface area contributed by atoms with Gasteiger partial charge in [0.25, 0.3) is 0 Å². The highest BCUT2D eigenvalue weighted by Gasteiger charge is 2.26. The van der Waals surface area contributed by atoms with Crippen molar-refractivity contribution in [1.82, 2.24) is 24.5 Å². The topological polar surface area (TPSA) is 107 Å². The molecule has 0 aliphatic rings. The molecule has 20 heavy (non-hydrogen) atoms. The quantitative estimate of drug-likeness (QED) is 0.549. The van der Waals surface area contributed by atoms with E-state index in [1.54, 1.807) is 6.20 Å². The molecular weight excluding hydrogens is 277 g/mol. The maximum Gasteiger partial charge on any atom is 0.390 e. The van der Waals surface area contributed by atoms with E-state index in [1.807, 2.05) is 0 Å². The van der Waals surface area contributed by atoms with Gasteiger partial charge in [0.15, 0.2) is 0 Å². The fraction of sp³-hybridized carbons (Fsp3) is 0.333. The van der Waals surface area contributed by atoms with Crippen LogP contribution in [0.3, 0.4) is 0 Å². The highest BCUT2D eigenvalue weighted by molar-refractivity contribution is 5.37. The molecule has 2 heterocycles. The summed E-state index contributed by atoms with van der Waals surface area (Å²) in [6.07, 6.45) is -0.715. The molecule has 8 nitrogen and oxygen atoms in total. The van der Waals surface area contributed by atoms with E-state index in [4.69, 9.17) is 5.84 Å². The zero-order valence-electron chi connectivity index (χ0n) is 10.1. The number of halogens is 3. The first-order valence-electron chi connectivity index (χ1n) is 5.49. The molecule has 11 heteroatoms. The largest absolute Gasteiger partial charge is 0.390 e. The van der Waals surface area contributed by atoms with Gasteiger partial charge in [0.05, 0.1) is 6.42 Å². The Balaban J connectivity index is 2.14. The molecule has 4 N–H and O–H groups in total. The minimum Gasteiger partial charge on any atom is -0.354 e. The summed E-state index contributed by atoms with van der Waals surface area (Å²) in [5, 5.41) is 2.47. The van der Waals surface area contributed by atoms with E-state index in [-0.39, 0.29) is 24.4 Å². The van der Waals surface area contributed by atoms with Crippen LogP contribution in [-0.4, -0.2) is 37.2 Å². The maximum absolute atomic E-state index is 12.1. The number of nitrogen functional groups attached to an aromatic ring is 1. The number of alkyl halides is 3. The van der Waals surface area contributed by atoms with Gasteiger partial charge in [0.2, 0.25) is 17.8 Å². The molecule has 2 aromatic rings. The van der Waals surface area contributed by atoms with Gasteiger partial charge >= 0.3 is 6.18 Å². The van der Waals surface area contributed by atoms with Gasteiger partial charge in [-0.25, -0.2) is 10.8 Å². The van der Waals surface area contributed by atoms with E-state index in [9.17, 15) is 13.2 Å². The molecular formula is C9H11F3N8. The monoisotopic (exact) mass is 288 g/mol. The fourth-order valence-electron chi connectivity index (χ4n) is 1.32. The van der Waals surface area contributed by atoms with Crippen molar-refractivity contribution in [2.45, 2.75) is 12.6 Å². The Morgan fingerprint density at radius 1 is 1.20 bits per heavy atom. The van der Waals surface area contributed by atoms with Crippen molar-refractivity contribution in [2.24, 2.45) is 5.84 Å². The molecule has 0 aliphatic heterocycles. The molecule has 0 saturated heterocycles. The normalized spacial score (nSPS) is 11.4. The molecule has 0 aromatic carbocycles. The second-order valence-corrected chi connectivity index (χ2v) is 3.69. The van der Waals surface area contributed by atoms with Gasteiger partial charge in [-0.1, -0.05) is 0 Å². The van der Waals surface area contributed by atoms with Crippen LogP contribution in [0.5, 0.6) is 0 Å². The fourth-order valence-corrected chi connectivity index (χ4v) is 1.32. The van der Waals surface area contributed by atoms with E-state index in [1.165, 1.54) is 17.1 Å². The number of anilines is 2. The van der Waals surface area contributed by atoms with Crippen molar-refractivity contribution in [3.63, 3.8) is 0 Å². The number of imidazole rings is 1. The summed E-state index contributed by atoms with van der Waals surface area (Å²) < 4.78 is 37.7. The van der Waals surface area contributed by atoms with Gasteiger partial charge in [0, 0.05) is 18.9 Å².